The van der Waals surface area contributed by atoms with Crippen LogP contribution < -0.4 is 10.2 Å². The minimum Gasteiger partial charge on any atom is -0.321 e. The van der Waals surface area contributed by atoms with Crippen LogP contribution in [0.3, 0.4) is 0 Å². The molecule has 1 saturated heterocycles. The first-order valence-electron chi connectivity index (χ1n) is 12.1. The van der Waals surface area contributed by atoms with Crippen LogP contribution in [0.4, 0.5) is 11.4 Å². The third-order valence-corrected chi connectivity index (χ3v) is 7.53. The van der Waals surface area contributed by atoms with Crippen LogP contribution in [0.15, 0.2) is 83.4 Å². The molecule has 0 spiro atoms. The molecule has 0 saturated carbocycles. The lowest BCUT2D eigenvalue weighted by atomic mass is 10.1. The number of nitriles is 1. The van der Waals surface area contributed by atoms with Gasteiger partial charge in [0.2, 0.25) is 5.91 Å². The monoisotopic (exact) mass is 495 g/mol. The second kappa shape index (κ2) is 11.3. The zero-order valence-corrected chi connectivity index (χ0v) is 21.6. The Morgan fingerprint density at radius 3 is 2.03 bits per heavy atom. The molecule has 0 bridgehead atoms. The Morgan fingerprint density at radius 1 is 0.917 bits per heavy atom. The van der Waals surface area contributed by atoms with E-state index in [1.807, 2.05) is 55.5 Å². The maximum absolute atomic E-state index is 13.7. The Hall–Kier alpha value is -3.82. The van der Waals surface area contributed by atoms with Crippen molar-refractivity contribution >= 4 is 35.0 Å². The molecule has 1 atom stereocenters. The van der Waals surface area contributed by atoms with E-state index >= 15 is 0 Å². The van der Waals surface area contributed by atoms with Crippen molar-refractivity contribution in [2.24, 2.45) is 0 Å². The first-order chi connectivity index (χ1) is 17.4. The smallest absolute Gasteiger partial charge is 0.269 e. The molecule has 3 aromatic rings. The molecular weight excluding hydrogens is 466 g/mol. The molecule has 0 aromatic heterocycles. The van der Waals surface area contributed by atoms with Gasteiger partial charge in [-0.25, -0.2) is 0 Å². The number of anilines is 2. The first kappa shape index (κ1) is 25.3. The van der Waals surface area contributed by atoms with E-state index in [4.69, 9.17) is 0 Å². The molecule has 182 valence electrons. The highest BCUT2D eigenvalue weighted by atomic mass is 32.2. The van der Waals surface area contributed by atoms with Gasteiger partial charge in [-0.1, -0.05) is 79.7 Å². The number of carbonyl (C=O) groups excluding carboxylic acids is 2. The van der Waals surface area contributed by atoms with Gasteiger partial charge in [0.15, 0.2) is 0 Å². The molecule has 1 fully saturated rings. The average molecular weight is 496 g/mol. The lowest BCUT2D eigenvalue weighted by Crippen LogP contribution is -2.31. The molecule has 1 unspecified atom stereocenters. The standard InChI is InChI=1S/C30H29N3O2S/c1-4-21-8-10-23(11-9-21)18-27-29(35)33(25-16-12-22(5-2)13-17-25)30(36-27)26(19-31)28(34)32-24-14-6-20(3)7-15-24/h6-17,27H,4-5,18H2,1-3H3,(H,32,34)/b30-26-. The first-order valence-corrected chi connectivity index (χ1v) is 13.0. The molecule has 1 aliphatic rings. The molecule has 36 heavy (non-hydrogen) atoms. The van der Waals surface area contributed by atoms with E-state index in [9.17, 15) is 14.9 Å². The summed E-state index contributed by atoms with van der Waals surface area (Å²) in [5, 5.41) is 12.8. The zero-order valence-electron chi connectivity index (χ0n) is 20.7. The van der Waals surface area contributed by atoms with E-state index in [1.54, 1.807) is 12.1 Å². The molecule has 2 amide bonds. The van der Waals surface area contributed by atoms with Crippen LogP contribution in [0.2, 0.25) is 0 Å². The molecule has 4 rings (SSSR count). The van der Waals surface area contributed by atoms with Gasteiger partial charge >= 0.3 is 0 Å². The fourth-order valence-corrected chi connectivity index (χ4v) is 5.37. The van der Waals surface area contributed by atoms with Crippen LogP contribution in [-0.2, 0) is 28.9 Å². The average Bonchev–Trinajstić information content (AvgIpc) is 3.21. The Labute approximate surface area is 216 Å². The van der Waals surface area contributed by atoms with E-state index in [-0.39, 0.29) is 11.5 Å². The summed E-state index contributed by atoms with van der Waals surface area (Å²) >= 11 is 1.28. The van der Waals surface area contributed by atoms with Crippen LogP contribution in [0, 0.1) is 18.3 Å². The van der Waals surface area contributed by atoms with Gasteiger partial charge in [0, 0.05) is 11.4 Å². The summed E-state index contributed by atoms with van der Waals surface area (Å²) in [6, 6.07) is 25.4. The quantitative estimate of drug-likeness (QED) is 0.314. The highest BCUT2D eigenvalue weighted by molar-refractivity contribution is 8.05. The Bertz CT molecular complexity index is 1320. The number of carbonyl (C=O) groups is 2. The number of hydrogen-bond donors (Lipinski definition) is 1. The highest BCUT2D eigenvalue weighted by Crippen LogP contribution is 2.42. The van der Waals surface area contributed by atoms with Crippen molar-refractivity contribution in [3.8, 4) is 6.07 Å². The van der Waals surface area contributed by atoms with Crippen molar-refractivity contribution in [2.75, 3.05) is 10.2 Å². The number of rotatable bonds is 7. The van der Waals surface area contributed by atoms with Gasteiger partial charge in [-0.2, -0.15) is 5.26 Å². The van der Waals surface area contributed by atoms with Crippen molar-refractivity contribution in [2.45, 2.75) is 45.3 Å². The molecule has 0 aliphatic carbocycles. The predicted molar refractivity (Wildman–Crippen MR) is 147 cm³/mol. The number of hydrogen-bond acceptors (Lipinski definition) is 4. The second-order valence-corrected chi connectivity index (χ2v) is 9.98. The van der Waals surface area contributed by atoms with E-state index in [2.05, 4.69) is 37.4 Å². The van der Waals surface area contributed by atoms with E-state index in [1.165, 1.54) is 22.2 Å². The Morgan fingerprint density at radius 2 is 1.47 bits per heavy atom. The van der Waals surface area contributed by atoms with Gasteiger partial charge < -0.3 is 5.32 Å². The highest BCUT2D eigenvalue weighted by Gasteiger charge is 2.40. The predicted octanol–water partition coefficient (Wildman–Crippen LogP) is 6.18. The van der Waals surface area contributed by atoms with Gasteiger partial charge in [0.05, 0.1) is 5.25 Å². The normalized spacial score (nSPS) is 16.6. The Balaban J connectivity index is 1.70. The largest absolute Gasteiger partial charge is 0.321 e. The molecule has 5 nitrogen and oxygen atoms in total. The molecule has 3 aromatic carbocycles. The van der Waals surface area contributed by atoms with E-state index < -0.39 is 11.2 Å². The summed E-state index contributed by atoms with van der Waals surface area (Å²) in [7, 11) is 0. The topological polar surface area (TPSA) is 73.2 Å². The Kier molecular flexibility index (Phi) is 7.92. The van der Waals surface area contributed by atoms with Gasteiger partial charge in [0.25, 0.3) is 5.91 Å². The van der Waals surface area contributed by atoms with Crippen LogP contribution >= 0.6 is 11.8 Å². The van der Waals surface area contributed by atoms with Crippen molar-refractivity contribution in [3.63, 3.8) is 0 Å². The third-order valence-electron chi connectivity index (χ3n) is 6.27. The minimum atomic E-state index is -0.528. The second-order valence-electron chi connectivity index (χ2n) is 8.79. The number of nitrogens with zero attached hydrogens (tertiary/aromatic N) is 2. The van der Waals surface area contributed by atoms with Crippen molar-refractivity contribution in [1.82, 2.24) is 0 Å². The number of amides is 2. The number of thioether (sulfide) groups is 1. The maximum atomic E-state index is 13.7. The third kappa shape index (κ3) is 5.53. The molecule has 1 aliphatic heterocycles. The lowest BCUT2D eigenvalue weighted by Gasteiger charge is -2.19. The summed E-state index contributed by atoms with van der Waals surface area (Å²) in [6.07, 6.45) is 2.34. The zero-order chi connectivity index (χ0) is 25.7. The SMILES string of the molecule is CCc1ccc(CC2S/C(=C(/C#N)C(=O)Nc3ccc(C)cc3)N(c3ccc(CC)cc3)C2=O)cc1. The van der Waals surface area contributed by atoms with Crippen LogP contribution in [0.5, 0.6) is 0 Å². The molecule has 1 N–H and O–H groups in total. The fourth-order valence-electron chi connectivity index (χ4n) is 4.06. The van der Waals surface area contributed by atoms with Crippen LogP contribution in [0.25, 0.3) is 0 Å². The van der Waals surface area contributed by atoms with Crippen molar-refractivity contribution in [3.05, 3.63) is 106 Å². The van der Waals surface area contributed by atoms with Gasteiger partial charge in [0.1, 0.15) is 16.7 Å². The van der Waals surface area contributed by atoms with Crippen LogP contribution in [0.1, 0.15) is 36.1 Å². The molecule has 6 heteroatoms. The summed E-state index contributed by atoms with van der Waals surface area (Å²) in [5.74, 6) is -0.658. The summed E-state index contributed by atoms with van der Waals surface area (Å²) in [4.78, 5) is 28.4. The maximum Gasteiger partial charge on any atom is 0.269 e. The van der Waals surface area contributed by atoms with Crippen molar-refractivity contribution < 1.29 is 9.59 Å². The fraction of sp³-hybridized carbons (Fsp3) is 0.233. The van der Waals surface area contributed by atoms with Gasteiger partial charge in [-0.3, -0.25) is 14.5 Å². The lowest BCUT2D eigenvalue weighted by molar-refractivity contribution is -0.117. The van der Waals surface area contributed by atoms with E-state index in [0.29, 0.717) is 22.8 Å². The molecular formula is C30H29N3O2S. The molecule has 0 radical (unpaired) electrons. The van der Waals surface area contributed by atoms with Crippen molar-refractivity contribution in [1.29, 1.82) is 5.26 Å². The number of benzene rings is 3. The summed E-state index contributed by atoms with van der Waals surface area (Å²) in [5.41, 5.74) is 5.68. The molecule has 1 heterocycles. The van der Waals surface area contributed by atoms with Crippen LogP contribution in [-0.4, -0.2) is 17.1 Å². The minimum absolute atomic E-state index is 0.0719. The number of aryl methyl sites for hydroxylation is 3. The van der Waals surface area contributed by atoms with Gasteiger partial charge in [-0.05, 0) is 67.1 Å². The van der Waals surface area contributed by atoms with E-state index in [0.717, 1.165) is 29.5 Å². The van der Waals surface area contributed by atoms with Gasteiger partial charge in [-0.15, -0.1) is 0 Å². The summed E-state index contributed by atoms with van der Waals surface area (Å²) < 4.78 is 0. The summed E-state index contributed by atoms with van der Waals surface area (Å²) in [6.45, 7) is 6.14. The number of nitrogens with one attached hydrogen (secondary N) is 1.